The number of ether oxygens (including phenoxy) is 1. The molecule has 0 atom stereocenters. The number of halogens is 1. The number of benzene rings is 2. The molecule has 0 spiro atoms. The number of aryl methyl sites for hydroxylation is 2. The van der Waals surface area contributed by atoms with Crippen LogP contribution in [0.2, 0.25) is 5.02 Å². The van der Waals surface area contributed by atoms with Crippen LogP contribution in [0.5, 0.6) is 5.75 Å². The maximum atomic E-state index is 12.4. The van der Waals surface area contributed by atoms with Crippen LogP contribution in [0.4, 0.5) is 11.5 Å². The molecule has 2 aromatic carbocycles. The van der Waals surface area contributed by atoms with Crippen LogP contribution in [-0.2, 0) is 4.79 Å². The number of nitrogens with one attached hydrogen (secondary N) is 1. The SMILES string of the molecule is Cc1cc(OCC(=O)Nc2cccc(-c3ccc(N4CCCCC4)nn3)c2)cc(C)c1Cl. The number of rotatable bonds is 6. The minimum Gasteiger partial charge on any atom is -0.484 e. The van der Waals surface area contributed by atoms with Crippen LogP contribution in [0.25, 0.3) is 11.3 Å². The molecule has 1 N–H and O–H groups in total. The summed E-state index contributed by atoms with van der Waals surface area (Å²) in [5, 5.41) is 12.4. The Labute approximate surface area is 193 Å². The van der Waals surface area contributed by atoms with Gasteiger partial charge in [-0.3, -0.25) is 4.79 Å². The predicted molar refractivity (Wildman–Crippen MR) is 129 cm³/mol. The lowest BCUT2D eigenvalue weighted by Gasteiger charge is -2.27. The molecule has 1 saturated heterocycles. The van der Waals surface area contributed by atoms with Gasteiger partial charge in [-0.25, -0.2) is 0 Å². The summed E-state index contributed by atoms with van der Waals surface area (Å²) in [5.41, 5.74) is 4.18. The minimum absolute atomic E-state index is 0.0882. The smallest absolute Gasteiger partial charge is 0.262 e. The zero-order chi connectivity index (χ0) is 22.5. The van der Waals surface area contributed by atoms with Gasteiger partial charge in [-0.15, -0.1) is 10.2 Å². The van der Waals surface area contributed by atoms with Crippen LogP contribution in [0.15, 0.2) is 48.5 Å². The first kappa shape index (κ1) is 22.1. The van der Waals surface area contributed by atoms with E-state index in [0.717, 1.165) is 41.3 Å². The van der Waals surface area contributed by atoms with Gasteiger partial charge >= 0.3 is 0 Å². The highest BCUT2D eigenvalue weighted by Gasteiger charge is 2.13. The summed E-state index contributed by atoms with van der Waals surface area (Å²) in [7, 11) is 0. The lowest BCUT2D eigenvalue weighted by Crippen LogP contribution is -2.30. The maximum absolute atomic E-state index is 12.4. The Hall–Kier alpha value is -3.12. The molecule has 7 heteroatoms. The summed E-state index contributed by atoms with van der Waals surface area (Å²) in [5.74, 6) is 1.30. The molecule has 0 unspecified atom stereocenters. The van der Waals surface area contributed by atoms with E-state index >= 15 is 0 Å². The van der Waals surface area contributed by atoms with Crippen molar-refractivity contribution in [2.45, 2.75) is 33.1 Å². The minimum atomic E-state index is -0.237. The van der Waals surface area contributed by atoms with E-state index in [2.05, 4.69) is 20.4 Å². The number of hydrogen-bond donors (Lipinski definition) is 1. The quantitative estimate of drug-likeness (QED) is 0.543. The van der Waals surface area contributed by atoms with Gasteiger partial charge in [0.1, 0.15) is 5.75 Å². The van der Waals surface area contributed by atoms with Gasteiger partial charge in [-0.2, -0.15) is 0 Å². The Morgan fingerprint density at radius 3 is 2.47 bits per heavy atom. The molecule has 166 valence electrons. The second-order valence-electron chi connectivity index (χ2n) is 8.11. The van der Waals surface area contributed by atoms with Crippen molar-refractivity contribution in [1.29, 1.82) is 0 Å². The molecular formula is C25H27ClN4O2. The Morgan fingerprint density at radius 1 is 1.03 bits per heavy atom. The third-order valence-corrected chi connectivity index (χ3v) is 6.15. The van der Waals surface area contributed by atoms with Gasteiger partial charge in [0.25, 0.3) is 5.91 Å². The van der Waals surface area contributed by atoms with Gasteiger partial charge < -0.3 is 15.0 Å². The summed E-state index contributed by atoms with van der Waals surface area (Å²) in [6.07, 6.45) is 3.68. The summed E-state index contributed by atoms with van der Waals surface area (Å²) < 4.78 is 5.64. The molecule has 4 rings (SSSR count). The van der Waals surface area contributed by atoms with Crippen molar-refractivity contribution < 1.29 is 9.53 Å². The number of carbonyl (C=O) groups excluding carboxylic acids is 1. The molecule has 2 heterocycles. The molecule has 1 aromatic heterocycles. The molecule has 32 heavy (non-hydrogen) atoms. The number of carbonyl (C=O) groups is 1. The van der Waals surface area contributed by atoms with E-state index in [1.807, 2.05) is 62.4 Å². The van der Waals surface area contributed by atoms with Crippen LogP contribution < -0.4 is 15.0 Å². The average molecular weight is 451 g/mol. The summed E-state index contributed by atoms with van der Waals surface area (Å²) >= 11 is 6.19. The van der Waals surface area contributed by atoms with E-state index in [1.54, 1.807) is 0 Å². The van der Waals surface area contributed by atoms with Gasteiger partial charge in [-0.05, 0) is 80.6 Å². The molecule has 0 saturated carbocycles. The normalized spacial score (nSPS) is 13.7. The Kier molecular flexibility index (Phi) is 6.90. The Balaban J connectivity index is 1.38. The fourth-order valence-corrected chi connectivity index (χ4v) is 3.97. The van der Waals surface area contributed by atoms with Gasteiger partial charge in [0.2, 0.25) is 0 Å². The van der Waals surface area contributed by atoms with Gasteiger partial charge in [0.15, 0.2) is 12.4 Å². The summed E-state index contributed by atoms with van der Waals surface area (Å²) in [6, 6.07) is 15.2. The van der Waals surface area contributed by atoms with Crippen molar-refractivity contribution in [1.82, 2.24) is 10.2 Å². The van der Waals surface area contributed by atoms with Crippen molar-refractivity contribution in [2.24, 2.45) is 0 Å². The lowest BCUT2D eigenvalue weighted by atomic mass is 10.1. The first-order valence-corrected chi connectivity index (χ1v) is 11.3. The number of anilines is 2. The first-order valence-electron chi connectivity index (χ1n) is 10.9. The number of hydrogen-bond acceptors (Lipinski definition) is 5. The van der Waals surface area contributed by atoms with Crippen molar-refractivity contribution in [2.75, 3.05) is 29.9 Å². The number of nitrogens with zero attached hydrogens (tertiary/aromatic N) is 3. The highest BCUT2D eigenvalue weighted by molar-refractivity contribution is 6.32. The Bertz CT molecular complexity index is 1070. The van der Waals surface area contributed by atoms with Crippen LogP contribution in [-0.4, -0.2) is 35.8 Å². The van der Waals surface area contributed by atoms with Gasteiger partial charge in [0.05, 0.1) is 5.69 Å². The fraction of sp³-hybridized carbons (Fsp3) is 0.320. The molecule has 3 aromatic rings. The Morgan fingerprint density at radius 2 is 1.78 bits per heavy atom. The monoisotopic (exact) mass is 450 g/mol. The van der Waals surface area contributed by atoms with E-state index in [4.69, 9.17) is 16.3 Å². The third-order valence-electron chi connectivity index (χ3n) is 5.55. The fourth-order valence-electron chi connectivity index (χ4n) is 3.86. The second-order valence-corrected chi connectivity index (χ2v) is 8.49. The summed E-state index contributed by atoms with van der Waals surface area (Å²) in [4.78, 5) is 14.7. The van der Waals surface area contributed by atoms with Gasteiger partial charge in [0, 0.05) is 29.4 Å². The van der Waals surface area contributed by atoms with Crippen LogP contribution in [0.3, 0.4) is 0 Å². The number of piperidine rings is 1. The van der Waals surface area contributed by atoms with E-state index < -0.39 is 0 Å². The molecular weight excluding hydrogens is 424 g/mol. The standard InChI is InChI=1S/C25H27ClN4O2/c1-17-13-21(14-18(2)25(17)26)32-16-24(31)27-20-8-6-7-19(15-20)22-9-10-23(29-28-22)30-11-4-3-5-12-30/h6-10,13-15H,3-5,11-12,16H2,1-2H3,(H,27,31). The highest BCUT2D eigenvalue weighted by Crippen LogP contribution is 2.26. The molecule has 1 aliphatic rings. The van der Waals surface area contributed by atoms with E-state index in [0.29, 0.717) is 16.5 Å². The molecule has 0 aliphatic carbocycles. The number of amides is 1. The van der Waals surface area contributed by atoms with E-state index in [9.17, 15) is 4.79 Å². The largest absolute Gasteiger partial charge is 0.484 e. The van der Waals surface area contributed by atoms with Crippen LogP contribution >= 0.6 is 11.6 Å². The number of aromatic nitrogens is 2. The van der Waals surface area contributed by atoms with Crippen LogP contribution in [0, 0.1) is 13.8 Å². The molecule has 1 fully saturated rings. The molecule has 0 radical (unpaired) electrons. The second kappa shape index (κ2) is 10.0. The topological polar surface area (TPSA) is 67.3 Å². The average Bonchev–Trinajstić information content (AvgIpc) is 2.82. The molecule has 6 nitrogen and oxygen atoms in total. The van der Waals surface area contributed by atoms with Crippen LogP contribution in [0.1, 0.15) is 30.4 Å². The van der Waals surface area contributed by atoms with E-state index in [-0.39, 0.29) is 12.5 Å². The van der Waals surface area contributed by atoms with Crippen molar-refractivity contribution in [3.63, 3.8) is 0 Å². The zero-order valence-corrected chi connectivity index (χ0v) is 19.2. The molecule has 1 amide bonds. The lowest BCUT2D eigenvalue weighted by molar-refractivity contribution is -0.118. The van der Waals surface area contributed by atoms with Crippen molar-refractivity contribution in [3.05, 3.63) is 64.7 Å². The highest BCUT2D eigenvalue weighted by atomic mass is 35.5. The third kappa shape index (κ3) is 5.37. The maximum Gasteiger partial charge on any atom is 0.262 e. The van der Waals surface area contributed by atoms with Crippen molar-refractivity contribution in [3.8, 4) is 17.0 Å². The first-order chi connectivity index (χ1) is 15.5. The summed E-state index contributed by atoms with van der Waals surface area (Å²) in [6.45, 7) is 5.81. The van der Waals surface area contributed by atoms with Crippen molar-refractivity contribution >= 4 is 29.0 Å². The zero-order valence-electron chi connectivity index (χ0n) is 18.4. The molecule has 0 bridgehead atoms. The van der Waals surface area contributed by atoms with E-state index in [1.165, 1.54) is 19.3 Å². The molecule has 1 aliphatic heterocycles. The van der Waals surface area contributed by atoms with Gasteiger partial charge in [-0.1, -0.05) is 23.7 Å². The predicted octanol–water partition coefficient (Wildman–Crippen LogP) is 5.42.